The lowest BCUT2D eigenvalue weighted by molar-refractivity contribution is -0.0265. The summed E-state index contributed by atoms with van der Waals surface area (Å²) in [6, 6.07) is 10.6. The molecule has 2 heterocycles. The lowest BCUT2D eigenvalue weighted by Gasteiger charge is -2.32. The second kappa shape index (κ2) is 15.0. The fourth-order valence-corrected chi connectivity index (χ4v) is 4.06. The topological polar surface area (TPSA) is 64.1 Å². The van der Waals surface area contributed by atoms with Crippen molar-refractivity contribution in [2.75, 3.05) is 53.2 Å². The maximum atomic E-state index is 6.09. The summed E-state index contributed by atoms with van der Waals surface area (Å²) in [5.41, 5.74) is 1.27. The van der Waals surface area contributed by atoms with Crippen LogP contribution in [0, 0.1) is 11.8 Å². The first kappa shape index (κ1) is 25.4. The van der Waals surface area contributed by atoms with Crippen LogP contribution in [0.25, 0.3) is 0 Å². The van der Waals surface area contributed by atoms with Gasteiger partial charge in [-0.05, 0) is 43.6 Å². The van der Waals surface area contributed by atoms with Gasteiger partial charge in [0.1, 0.15) is 0 Å². The van der Waals surface area contributed by atoms with E-state index >= 15 is 0 Å². The molecule has 2 aliphatic heterocycles. The van der Waals surface area contributed by atoms with Gasteiger partial charge in [0.25, 0.3) is 0 Å². The molecule has 1 aromatic rings. The Balaban J connectivity index is 0.00000320. The summed E-state index contributed by atoms with van der Waals surface area (Å²) in [5, 5.41) is 6.89. The maximum absolute atomic E-state index is 6.09. The SMILES string of the molecule is CN=C(NCCCOCC1CCOCC1)NCC1CCCOC1c1ccccc1.I. The summed E-state index contributed by atoms with van der Waals surface area (Å²) in [6.07, 6.45) is 5.68. The monoisotopic (exact) mass is 531 g/mol. The van der Waals surface area contributed by atoms with Crippen molar-refractivity contribution in [3.05, 3.63) is 35.9 Å². The highest BCUT2D eigenvalue weighted by atomic mass is 127. The molecule has 2 unspecified atom stereocenters. The van der Waals surface area contributed by atoms with Crippen molar-refractivity contribution in [3.8, 4) is 0 Å². The van der Waals surface area contributed by atoms with Gasteiger partial charge in [0, 0.05) is 59.1 Å². The predicted molar refractivity (Wildman–Crippen MR) is 132 cm³/mol. The molecule has 2 aliphatic rings. The van der Waals surface area contributed by atoms with E-state index in [0.717, 1.165) is 77.8 Å². The number of rotatable bonds is 9. The lowest BCUT2D eigenvalue weighted by Crippen LogP contribution is -2.42. The molecule has 0 aliphatic carbocycles. The highest BCUT2D eigenvalue weighted by Gasteiger charge is 2.27. The molecule has 170 valence electrons. The number of aliphatic imine (C=N–C) groups is 1. The molecule has 0 spiro atoms. The number of hydrogen-bond acceptors (Lipinski definition) is 4. The van der Waals surface area contributed by atoms with Crippen LogP contribution in [0.4, 0.5) is 0 Å². The van der Waals surface area contributed by atoms with E-state index in [0.29, 0.717) is 11.8 Å². The number of halogens is 1. The van der Waals surface area contributed by atoms with Crippen molar-refractivity contribution in [1.29, 1.82) is 0 Å². The zero-order valence-electron chi connectivity index (χ0n) is 18.2. The molecule has 0 saturated carbocycles. The fourth-order valence-electron chi connectivity index (χ4n) is 4.06. The normalized spacial score (nSPS) is 22.9. The first-order valence-electron chi connectivity index (χ1n) is 11.1. The van der Waals surface area contributed by atoms with Crippen molar-refractivity contribution in [3.63, 3.8) is 0 Å². The van der Waals surface area contributed by atoms with E-state index in [1.807, 2.05) is 7.05 Å². The minimum absolute atomic E-state index is 0. The van der Waals surface area contributed by atoms with Gasteiger partial charge in [-0.15, -0.1) is 24.0 Å². The Morgan fingerprint density at radius 1 is 1.10 bits per heavy atom. The molecular formula is C23H38IN3O3. The molecule has 7 heteroatoms. The zero-order valence-corrected chi connectivity index (χ0v) is 20.5. The van der Waals surface area contributed by atoms with Crippen molar-refractivity contribution >= 4 is 29.9 Å². The summed E-state index contributed by atoms with van der Waals surface area (Å²) in [7, 11) is 1.82. The number of nitrogens with one attached hydrogen (secondary N) is 2. The smallest absolute Gasteiger partial charge is 0.190 e. The molecule has 3 rings (SSSR count). The van der Waals surface area contributed by atoms with Gasteiger partial charge in [0.2, 0.25) is 0 Å². The molecule has 2 N–H and O–H groups in total. The third kappa shape index (κ3) is 8.69. The summed E-state index contributed by atoms with van der Waals surface area (Å²) >= 11 is 0. The minimum atomic E-state index is 0. The van der Waals surface area contributed by atoms with Gasteiger partial charge in [0.05, 0.1) is 6.10 Å². The number of ether oxygens (including phenoxy) is 3. The van der Waals surface area contributed by atoms with Crippen LogP contribution < -0.4 is 10.6 Å². The molecule has 0 aromatic heterocycles. The zero-order chi connectivity index (χ0) is 20.2. The predicted octanol–water partition coefficient (Wildman–Crippen LogP) is 3.77. The Kier molecular flexibility index (Phi) is 12.7. The number of benzene rings is 1. The average molecular weight is 531 g/mol. The second-order valence-corrected chi connectivity index (χ2v) is 7.97. The molecule has 6 nitrogen and oxygen atoms in total. The highest BCUT2D eigenvalue weighted by molar-refractivity contribution is 14.0. The molecule has 0 bridgehead atoms. The molecular weight excluding hydrogens is 493 g/mol. The number of hydrogen-bond donors (Lipinski definition) is 2. The third-order valence-corrected chi connectivity index (χ3v) is 5.78. The number of nitrogens with zero attached hydrogens (tertiary/aromatic N) is 1. The molecule has 30 heavy (non-hydrogen) atoms. The second-order valence-electron chi connectivity index (χ2n) is 7.97. The van der Waals surface area contributed by atoms with Crippen LogP contribution in [-0.4, -0.2) is 59.1 Å². The van der Waals surface area contributed by atoms with E-state index < -0.39 is 0 Å². The van der Waals surface area contributed by atoms with Crippen LogP contribution in [0.1, 0.15) is 43.8 Å². The van der Waals surface area contributed by atoms with Gasteiger partial charge in [-0.3, -0.25) is 4.99 Å². The quantitative estimate of drug-likeness (QED) is 0.220. The van der Waals surface area contributed by atoms with E-state index in [1.165, 1.54) is 12.0 Å². The summed E-state index contributed by atoms with van der Waals surface area (Å²) < 4.78 is 17.3. The fraction of sp³-hybridized carbons (Fsp3) is 0.696. The Hall–Kier alpha value is -0.900. The van der Waals surface area contributed by atoms with Gasteiger partial charge in [-0.1, -0.05) is 30.3 Å². The van der Waals surface area contributed by atoms with E-state index in [9.17, 15) is 0 Å². The maximum Gasteiger partial charge on any atom is 0.190 e. The van der Waals surface area contributed by atoms with E-state index in [1.54, 1.807) is 0 Å². The third-order valence-electron chi connectivity index (χ3n) is 5.78. The lowest BCUT2D eigenvalue weighted by atomic mass is 9.89. The van der Waals surface area contributed by atoms with Gasteiger partial charge in [0.15, 0.2) is 5.96 Å². The largest absolute Gasteiger partial charge is 0.381 e. The van der Waals surface area contributed by atoms with Crippen molar-refractivity contribution in [2.24, 2.45) is 16.8 Å². The summed E-state index contributed by atoms with van der Waals surface area (Å²) in [5.74, 6) is 1.97. The van der Waals surface area contributed by atoms with Crippen LogP contribution in [0.3, 0.4) is 0 Å². The van der Waals surface area contributed by atoms with Gasteiger partial charge in [-0.2, -0.15) is 0 Å². The van der Waals surface area contributed by atoms with Crippen LogP contribution in [0.5, 0.6) is 0 Å². The average Bonchev–Trinajstić information content (AvgIpc) is 2.79. The Morgan fingerprint density at radius 3 is 2.67 bits per heavy atom. The van der Waals surface area contributed by atoms with E-state index in [2.05, 4.69) is 46.0 Å². The Bertz CT molecular complexity index is 597. The van der Waals surface area contributed by atoms with Crippen LogP contribution in [0.2, 0.25) is 0 Å². The molecule has 0 radical (unpaired) electrons. The molecule has 2 saturated heterocycles. The van der Waals surface area contributed by atoms with Crippen molar-refractivity contribution in [1.82, 2.24) is 10.6 Å². The van der Waals surface area contributed by atoms with Crippen LogP contribution in [0.15, 0.2) is 35.3 Å². The first-order valence-corrected chi connectivity index (χ1v) is 11.1. The molecule has 1 aromatic carbocycles. The number of guanidine groups is 1. The van der Waals surface area contributed by atoms with E-state index in [-0.39, 0.29) is 30.1 Å². The van der Waals surface area contributed by atoms with Gasteiger partial charge in [-0.25, -0.2) is 0 Å². The Morgan fingerprint density at radius 2 is 1.90 bits per heavy atom. The Labute approximate surface area is 198 Å². The first-order chi connectivity index (χ1) is 14.4. The van der Waals surface area contributed by atoms with Crippen molar-refractivity contribution < 1.29 is 14.2 Å². The standard InChI is InChI=1S/C23H37N3O3.HI/c1-24-23(25-12-6-13-28-18-19-10-15-27-16-11-19)26-17-21-9-5-14-29-22(21)20-7-3-2-4-8-20;/h2-4,7-8,19,21-22H,5-6,9-18H2,1H3,(H2,24,25,26);1H. The molecule has 0 amide bonds. The highest BCUT2D eigenvalue weighted by Crippen LogP contribution is 2.33. The van der Waals surface area contributed by atoms with Crippen LogP contribution >= 0.6 is 24.0 Å². The van der Waals surface area contributed by atoms with Crippen LogP contribution in [-0.2, 0) is 14.2 Å². The summed E-state index contributed by atoms with van der Waals surface area (Å²) in [6.45, 7) is 5.98. The minimum Gasteiger partial charge on any atom is -0.381 e. The summed E-state index contributed by atoms with van der Waals surface area (Å²) in [4.78, 5) is 4.36. The molecule has 2 atom stereocenters. The molecule has 2 fully saturated rings. The van der Waals surface area contributed by atoms with Gasteiger partial charge < -0.3 is 24.8 Å². The van der Waals surface area contributed by atoms with Gasteiger partial charge >= 0.3 is 0 Å². The van der Waals surface area contributed by atoms with Crippen molar-refractivity contribution in [2.45, 2.75) is 38.2 Å². The van der Waals surface area contributed by atoms with E-state index in [4.69, 9.17) is 14.2 Å².